The summed E-state index contributed by atoms with van der Waals surface area (Å²) in [5.74, 6) is -0.257. The van der Waals surface area contributed by atoms with Gasteiger partial charge in [0.15, 0.2) is 0 Å². The summed E-state index contributed by atoms with van der Waals surface area (Å²) in [6, 6.07) is 6.17. The van der Waals surface area contributed by atoms with E-state index in [0.29, 0.717) is 0 Å². The maximum absolute atomic E-state index is 12.7. The fourth-order valence-corrected chi connectivity index (χ4v) is 1.97. The Morgan fingerprint density at radius 3 is 2.19 bits per heavy atom. The molecule has 0 aliphatic heterocycles. The van der Waals surface area contributed by atoms with Gasteiger partial charge in [0.05, 0.1) is 6.04 Å². The van der Waals surface area contributed by atoms with Gasteiger partial charge in [-0.2, -0.15) is 0 Å². The van der Waals surface area contributed by atoms with Gasteiger partial charge in [0.1, 0.15) is 10.6 Å². The normalized spacial score (nSPS) is 15.9. The first-order valence-electron chi connectivity index (χ1n) is 5.24. The van der Waals surface area contributed by atoms with E-state index in [4.69, 9.17) is 0 Å². The summed E-state index contributed by atoms with van der Waals surface area (Å²) < 4.78 is 27.3. The minimum absolute atomic E-state index is 0.0549. The van der Waals surface area contributed by atoms with Crippen LogP contribution in [0.5, 0.6) is 0 Å². The molecule has 1 aromatic rings. The first-order chi connectivity index (χ1) is 7.30. The minimum Gasteiger partial charge on any atom is -0.598 e. The van der Waals surface area contributed by atoms with E-state index in [1.54, 1.807) is 12.1 Å². The third-order valence-electron chi connectivity index (χ3n) is 2.21. The van der Waals surface area contributed by atoms with Gasteiger partial charge in [0.25, 0.3) is 0 Å². The minimum atomic E-state index is -1.12. The van der Waals surface area contributed by atoms with Crippen LogP contribution in [-0.4, -0.2) is 9.30 Å². The predicted molar refractivity (Wildman–Crippen MR) is 65.8 cm³/mol. The van der Waals surface area contributed by atoms with Crippen LogP contribution in [0.15, 0.2) is 24.3 Å². The van der Waals surface area contributed by atoms with Crippen molar-refractivity contribution in [1.29, 1.82) is 0 Å². The molecule has 0 heterocycles. The maximum atomic E-state index is 12.7. The third-order valence-corrected chi connectivity index (χ3v) is 3.89. The molecule has 0 aliphatic carbocycles. The molecular formula is C12H18FNOS. The van der Waals surface area contributed by atoms with E-state index >= 15 is 0 Å². The van der Waals surface area contributed by atoms with Gasteiger partial charge in [-0.1, -0.05) is 12.1 Å². The van der Waals surface area contributed by atoms with Crippen molar-refractivity contribution in [3.8, 4) is 0 Å². The van der Waals surface area contributed by atoms with Crippen LogP contribution in [0.1, 0.15) is 39.3 Å². The molecule has 0 aromatic heterocycles. The van der Waals surface area contributed by atoms with Crippen LogP contribution < -0.4 is 4.72 Å². The molecule has 1 rings (SSSR count). The van der Waals surface area contributed by atoms with Gasteiger partial charge in [0, 0.05) is 11.4 Å². The number of rotatable bonds is 3. The van der Waals surface area contributed by atoms with E-state index in [-0.39, 0.29) is 16.6 Å². The number of nitrogens with one attached hydrogen (secondary N) is 1. The molecule has 0 fully saturated rings. The summed E-state index contributed by atoms with van der Waals surface area (Å²) >= 11 is -1.12. The molecule has 90 valence electrons. The van der Waals surface area contributed by atoms with Crippen molar-refractivity contribution >= 4 is 11.4 Å². The van der Waals surface area contributed by atoms with Crippen molar-refractivity contribution in [2.45, 2.75) is 38.5 Å². The van der Waals surface area contributed by atoms with E-state index < -0.39 is 11.4 Å². The van der Waals surface area contributed by atoms with Gasteiger partial charge in [0.2, 0.25) is 0 Å². The van der Waals surface area contributed by atoms with E-state index in [9.17, 15) is 8.94 Å². The van der Waals surface area contributed by atoms with Gasteiger partial charge in [-0.3, -0.25) is 0 Å². The molecule has 1 aromatic carbocycles. The highest BCUT2D eigenvalue weighted by Crippen LogP contribution is 2.19. The van der Waals surface area contributed by atoms with E-state index in [1.165, 1.54) is 12.1 Å². The highest BCUT2D eigenvalue weighted by atomic mass is 32.2. The summed E-state index contributed by atoms with van der Waals surface area (Å²) in [6.07, 6.45) is 0. The lowest BCUT2D eigenvalue weighted by Crippen LogP contribution is -2.40. The smallest absolute Gasteiger partial charge is 0.136 e. The maximum Gasteiger partial charge on any atom is 0.136 e. The highest BCUT2D eigenvalue weighted by Gasteiger charge is 2.28. The summed E-state index contributed by atoms with van der Waals surface area (Å²) in [6.45, 7) is 7.64. The summed E-state index contributed by atoms with van der Waals surface area (Å²) in [7, 11) is 0. The molecule has 0 bridgehead atoms. The second-order valence-corrected chi connectivity index (χ2v) is 6.77. The van der Waals surface area contributed by atoms with Crippen LogP contribution in [0, 0.1) is 5.82 Å². The van der Waals surface area contributed by atoms with E-state index in [0.717, 1.165) is 5.56 Å². The van der Waals surface area contributed by atoms with Crippen LogP contribution in [0.2, 0.25) is 0 Å². The lowest BCUT2D eigenvalue weighted by atomic mass is 10.1. The fraction of sp³-hybridized carbons (Fsp3) is 0.500. The second-order valence-electron chi connectivity index (χ2n) is 4.77. The molecule has 0 spiro atoms. The zero-order chi connectivity index (χ0) is 12.3. The van der Waals surface area contributed by atoms with Gasteiger partial charge in [-0.25, -0.2) is 4.39 Å². The molecule has 1 N–H and O–H groups in total. The summed E-state index contributed by atoms with van der Waals surface area (Å²) in [4.78, 5) is 0. The van der Waals surface area contributed by atoms with Crippen LogP contribution in [0.3, 0.4) is 0 Å². The lowest BCUT2D eigenvalue weighted by Gasteiger charge is -2.26. The first kappa shape index (κ1) is 13.5. The van der Waals surface area contributed by atoms with E-state index in [2.05, 4.69) is 4.72 Å². The van der Waals surface area contributed by atoms with Crippen molar-refractivity contribution in [3.05, 3.63) is 35.6 Å². The Hall–Kier alpha value is -0.580. The number of benzene rings is 1. The van der Waals surface area contributed by atoms with Gasteiger partial charge in [-0.05, 0) is 45.4 Å². The second kappa shape index (κ2) is 5.17. The zero-order valence-corrected chi connectivity index (χ0v) is 10.9. The molecule has 0 saturated carbocycles. The molecule has 0 saturated heterocycles. The summed E-state index contributed by atoms with van der Waals surface area (Å²) in [5, 5.41) is 0. The molecule has 0 radical (unpaired) electrons. The number of hydrogen-bond acceptors (Lipinski definition) is 2. The van der Waals surface area contributed by atoms with Gasteiger partial charge in [-0.15, -0.1) is 4.72 Å². The Balaban J connectivity index is 2.65. The number of halogens is 1. The van der Waals surface area contributed by atoms with Crippen LogP contribution >= 0.6 is 0 Å². The lowest BCUT2D eigenvalue weighted by molar-refractivity contribution is 0.531. The molecule has 4 heteroatoms. The van der Waals surface area contributed by atoms with Crippen molar-refractivity contribution in [3.63, 3.8) is 0 Å². The molecule has 16 heavy (non-hydrogen) atoms. The Labute approximate surface area is 99.6 Å². The highest BCUT2D eigenvalue weighted by molar-refractivity contribution is 7.90. The summed E-state index contributed by atoms with van der Waals surface area (Å²) in [5.41, 5.74) is 0.930. The molecular weight excluding hydrogens is 225 g/mol. The third kappa shape index (κ3) is 3.77. The Kier molecular flexibility index (Phi) is 4.35. The fourth-order valence-electron chi connectivity index (χ4n) is 1.16. The average molecular weight is 243 g/mol. The van der Waals surface area contributed by atoms with E-state index in [1.807, 2.05) is 27.7 Å². The van der Waals surface area contributed by atoms with Crippen LogP contribution in [0.25, 0.3) is 0 Å². The average Bonchev–Trinajstić information content (AvgIpc) is 2.17. The largest absolute Gasteiger partial charge is 0.598 e. The van der Waals surface area contributed by atoms with Crippen molar-refractivity contribution in [1.82, 2.24) is 4.72 Å². The van der Waals surface area contributed by atoms with Crippen LogP contribution in [-0.2, 0) is 11.4 Å². The monoisotopic (exact) mass is 243 g/mol. The molecule has 0 aliphatic rings. The molecule has 1 unspecified atom stereocenters. The number of hydrogen-bond donors (Lipinski definition) is 1. The molecule has 2 atom stereocenters. The first-order valence-corrected chi connectivity index (χ1v) is 6.39. The Bertz CT molecular complexity index is 334. The van der Waals surface area contributed by atoms with Gasteiger partial charge < -0.3 is 4.55 Å². The Morgan fingerprint density at radius 2 is 1.75 bits per heavy atom. The Morgan fingerprint density at radius 1 is 1.25 bits per heavy atom. The zero-order valence-electron chi connectivity index (χ0n) is 10.1. The standard InChI is InChI=1S/C12H18FNOS/c1-9(14-16(15)12(2,3)4)10-5-7-11(13)8-6-10/h5-9,14H,1-4H3/t9-,16?/m0/s1. The molecule has 2 nitrogen and oxygen atoms in total. The SMILES string of the molecule is C[C@H](N[S+]([O-])C(C)(C)C)c1ccc(F)cc1. The van der Waals surface area contributed by atoms with Crippen molar-refractivity contribution < 1.29 is 8.94 Å². The topological polar surface area (TPSA) is 35.1 Å². The van der Waals surface area contributed by atoms with Crippen LogP contribution in [0.4, 0.5) is 4.39 Å². The molecule has 0 amide bonds. The van der Waals surface area contributed by atoms with Gasteiger partial charge >= 0.3 is 0 Å². The predicted octanol–water partition coefficient (Wildman–Crippen LogP) is 2.94. The van der Waals surface area contributed by atoms with Crippen molar-refractivity contribution in [2.24, 2.45) is 0 Å². The van der Waals surface area contributed by atoms with Crippen molar-refractivity contribution in [2.75, 3.05) is 0 Å². The quantitative estimate of drug-likeness (QED) is 0.828.